The predicted octanol–water partition coefficient (Wildman–Crippen LogP) is 4.02. The first-order valence-electron chi connectivity index (χ1n) is 6.37. The summed E-state index contributed by atoms with van der Waals surface area (Å²) in [5.74, 6) is -0.457. The number of amides is 1. The molecule has 120 valence electrons. The van der Waals surface area contributed by atoms with E-state index < -0.39 is 12.5 Å². The largest absolute Gasteiger partial charge is 0.433 e. The second kappa shape index (κ2) is 8.16. The number of carbonyl (C=O) groups excluding carboxylic acids is 1. The monoisotopic (exact) mass is 448 g/mol. The Morgan fingerprint density at radius 3 is 2.61 bits per heavy atom. The molecule has 8 heteroatoms. The molecule has 2 N–H and O–H groups in total. The van der Waals surface area contributed by atoms with Crippen LogP contribution < -0.4 is 15.4 Å². The molecule has 0 fully saturated rings. The number of ether oxygens (including phenoxy) is 1. The summed E-state index contributed by atoms with van der Waals surface area (Å²) in [6.07, 6.45) is 0. The third-order valence-corrected chi connectivity index (χ3v) is 3.54. The lowest BCUT2D eigenvalue weighted by atomic mass is 10.2. The van der Waals surface area contributed by atoms with Gasteiger partial charge in [-0.25, -0.2) is 0 Å². The van der Waals surface area contributed by atoms with Gasteiger partial charge < -0.3 is 10.1 Å². The van der Waals surface area contributed by atoms with Crippen molar-refractivity contribution >= 4 is 51.5 Å². The van der Waals surface area contributed by atoms with Gasteiger partial charge in [0.1, 0.15) is 5.75 Å². The molecule has 0 atom stereocenters. The van der Waals surface area contributed by atoms with E-state index in [1.165, 1.54) is 12.1 Å². The van der Waals surface area contributed by atoms with Gasteiger partial charge in [0.05, 0.1) is 5.69 Å². The molecule has 0 aliphatic rings. The molecule has 0 aliphatic heterocycles. The summed E-state index contributed by atoms with van der Waals surface area (Å²) in [7, 11) is 0. The van der Waals surface area contributed by atoms with Crippen molar-refractivity contribution in [3.63, 3.8) is 0 Å². The summed E-state index contributed by atoms with van der Waals surface area (Å²) in [6, 6.07) is 13.0. The van der Waals surface area contributed by atoms with Crippen LogP contribution in [0.3, 0.4) is 0 Å². The minimum atomic E-state index is -2.95. The van der Waals surface area contributed by atoms with E-state index in [2.05, 4.69) is 38.0 Å². The van der Waals surface area contributed by atoms with Crippen molar-refractivity contribution in [1.82, 2.24) is 5.32 Å². The minimum Gasteiger partial charge on any atom is -0.433 e. The lowest BCUT2D eigenvalue weighted by Gasteiger charge is -2.13. The van der Waals surface area contributed by atoms with Crippen molar-refractivity contribution in [1.29, 1.82) is 0 Å². The van der Waals surface area contributed by atoms with Crippen LogP contribution in [0.2, 0.25) is 0 Å². The quantitative estimate of drug-likeness (QED) is 0.548. The first-order valence-corrected chi connectivity index (χ1v) is 7.86. The average molecular weight is 448 g/mol. The number of nitrogens with one attached hydrogen (secondary N) is 2. The Labute approximate surface area is 150 Å². The molecule has 1 amide bonds. The van der Waals surface area contributed by atoms with E-state index in [-0.39, 0.29) is 16.5 Å². The zero-order chi connectivity index (χ0) is 16.8. The molecule has 23 heavy (non-hydrogen) atoms. The highest BCUT2D eigenvalue weighted by Crippen LogP contribution is 2.25. The number of alkyl halides is 2. The van der Waals surface area contributed by atoms with Crippen LogP contribution in [-0.4, -0.2) is 17.6 Å². The van der Waals surface area contributed by atoms with Gasteiger partial charge in [0, 0.05) is 9.13 Å². The molecule has 0 spiro atoms. The molecular weight excluding hydrogens is 437 g/mol. The van der Waals surface area contributed by atoms with E-state index >= 15 is 0 Å². The highest BCUT2D eigenvalue weighted by Gasteiger charge is 2.12. The van der Waals surface area contributed by atoms with Gasteiger partial charge in [0.2, 0.25) is 0 Å². The van der Waals surface area contributed by atoms with E-state index in [0.29, 0.717) is 5.56 Å². The molecule has 2 aromatic rings. The van der Waals surface area contributed by atoms with Crippen molar-refractivity contribution in [2.45, 2.75) is 6.61 Å². The molecule has 0 aromatic heterocycles. The number of hydrogen-bond acceptors (Lipinski definition) is 3. The number of para-hydroxylation sites is 2. The fourth-order valence-corrected chi connectivity index (χ4v) is 2.47. The summed E-state index contributed by atoms with van der Waals surface area (Å²) in [5, 5.41) is 5.14. The Balaban J connectivity index is 2.04. The maximum Gasteiger partial charge on any atom is 0.387 e. The zero-order valence-corrected chi connectivity index (χ0v) is 14.5. The summed E-state index contributed by atoms with van der Waals surface area (Å²) in [6.45, 7) is -2.95. The van der Waals surface area contributed by atoms with Gasteiger partial charge in [-0.1, -0.05) is 18.2 Å². The summed E-state index contributed by atoms with van der Waals surface area (Å²) >= 11 is 7.12. The molecule has 0 saturated carbocycles. The highest BCUT2D eigenvalue weighted by molar-refractivity contribution is 14.1. The second-order valence-electron chi connectivity index (χ2n) is 4.29. The second-order valence-corrected chi connectivity index (χ2v) is 5.95. The molecule has 0 heterocycles. The Morgan fingerprint density at radius 2 is 1.91 bits per heavy atom. The zero-order valence-electron chi connectivity index (χ0n) is 11.6. The topological polar surface area (TPSA) is 50.4 Å². The standard InChI is InChI=1S/C15H11F2IN2O2S/c16-14(17)22-12-7-2-1-6-11(12)19-15(23)20-13(21)9-4-3-5-10(18)8-9/h1-8,14H,(H2,19,20,21,23). The van der Waals surface area contributed by atoms with Gasteiger partial charge in [-0.3, -0.25) is 10.1 Å². The molecule has 4 nitrogen and oxygen atoms in total. The Bertz CT molecular complexity index is 728. The molecule has 0 saturated heterocycles. The van der Waals surface area contributed by atoms with Gasteiger partial charge in [-0.15, -0.1) is 0 Å². The molecule has 0 radical (unpaired) electrons. The lowest BCUT2D eigenvalue weighted by molar-refractivity contribution is -0.0493. The first-order chi connectivity index (χ1) is 11.0. The number of hydrogen-bond donors (Lipinski definition) is 2. The fraction of sp³-hybridized carbons (Fsp3) is 0.0667. The number of rotatable bonds is 4. The molecule has 0 unspecified atom stereocenters. The van der Waals surface area contributed by atoms with E-state index in [4.69, 9.17) is 12.2 Å². The van der Waals surface area contributed by atoms with Crippen molar-refractivity contribution in [2.75, 3.05) is 5.32 Å². The number of thiocarbonyl (C=S) groups is 1. The normalized spacial score (nSPS) is 10.3. The minimum absolute atomic E-state index is 0.0147. The predicted molar refractivity (Wildman–Crippen MR) is 95.9 cm³/mol. The first kappa shape index (κ1) is 17.5. The Hall–Kier alpha value is -1.81. The van der Waals surface area contributed by atoms with Crippen molar-refractivity contribution in [3.05, 3.63) is 57.7 Å². The third kappa shape index (κ3) is 5.39. The lowest BCUT2D eigenvalue weighted by Crippen LogP contribution is -2.34. The van der Waals surface area contributed by atoms with Gasteiger partial charge in [-0.05, 0) is 65.1 Å². The van der Waals surface area contributed by atoms with Crippen molar-refractivity contribution in [3.8, 4) is 5.75 Å². The number of carbonyl (C=O) groups is 1. The van der Waals surface area contributed by atoms with Crippen LogP contribution in [0.1, 0.15) is 10.4 Å². The van der Waals surface area contributed by atoms with Crippen LogP contribution in [0, 0.1) is 3.57 Å². The van der Waals surface area contributed by atoms with Gasteiger partial charge >= 0.3 is 6.61 Å². The SMILES string of the molecule is O=C(NC(=S)Nc1ccccc1OC(F)F)c1cccc(I)c1. The van der Waals surface area contributed by atoms with E-state index in [0.717, 1.165) is 3.57 Å². The molecular formula is C15H11F2IN2O2S. The highest BCUT2D eigenvalue weighted by atomic mass is 127. The van der Waals surface area contributed by atoms with Crippen LogP contribution in [0.5, 0.6) is 5.75 Å². The van der Waals surface area contributed by atoms with Crippen LogP contribution in [-0.2, 0) is 0 Å². The fourth-order valence-electron chi connectivity index (χ4n) is 1.73. The van der Waals surface area contributed by atoms with Crippen molar-refractivity contribution < 1.29 is 18.3 Å². The Kier molecular flexibility index (Phi) is 6.22. The summed E-state index contributed by atoms with van der Waals surface area (Å²) in [5.41, 5.74) is 0.680. The van der Waals surface area contributed by atoms with Crippen LogP contribution in [0.15, 0.2) is 48.5 Å². The number of halogens is 3. The van der Waals surface area contributed by atoms with Crippen molar-refractivity contribution in [2.24, 2.45) is 0 Å². The van der Waals surface area contributed by atoms with Gasteiger partial charge in [0.25, 0.3) is 5.91 Å². The smallest absolute Gasteiger partial charge is 0.387 e. The van der Waals surface area contributed by atoms with Gasteiger partial charge in [0.15, 0.2) is 5.11 Å². The van der Waals surface area contributed by atoms with Gasteiger partial charge in [-0.2, -0.15) is 8.78 Å². The van der Waals surface area contributed by atoms with Crippen LogP contribution in [0.25, 0.3) is 0 Å². The summed E-state index contributed by atoms with van der Waals surface area (Å²) < 4.78 is 30.0. The van der Waals surface area contributed by atoms with E-state index in [1.807, 2.05) is 6.07 Å². The molecule has 2 aromatic carbocycles. The van der Waals surface area contributed by atoms with Crippen LogP contribution >= 0.6 is 34.8 Å². The van der Waals surface area contributed by atoms with Crippen LogP contribution in [0.4, 0.5) is 14.5 Å². The molecule has 0 bridgehead atoms. The maximum absolute atomic E-state index is 12.4. The van der Waals surface area contributed by atoms with E-state index in [9.17, 15) is 13.6 Å². The molecule has 2 rings (SSSR count). The van der Waals surface area contributed by atoms with E-state index in [1.54, 1.807) is 30.3 Å². The Morgan fingerprint density at radius 1 is 1.17 bits per heavy atom. The molecule has 0 aliphatic carbocycles. The number of anilines is 1. The average Bonchev–Trinajstić information content (AvgIpc) is 2.48. The summed E-state index contributed by atoms with van der Waals surface area (Å²) in [4.78, 5) is 12.1. The number of benzene rings is 2. The maximum atomic E-state index is 12.4. The third-order valence-electron chi connectivity index (χ3n) is 2.67.